The summed E-state index contributed by atoms with van der Waals surface area (Å²) in [6.07, 6.45) is 0.744. The summed E-state index contributed by atoms with van der Waals surface area (Å²) in [5.41, 5.74) is 2.28. The quantitative estimate of drug-likeness (QED) is 0.792. The Morgan fingerprint density at radius 2 is 1.50 bits per heavy atom. The molecule has 1 N–H and O–H groups in total. The first-order chi connectivity index (χ1) is 12.6. The number of rotatable bonds is 8. The molecule has 0 saturated carbocycles. The van der Waals surface area contributed by atoms with E-state index in [0.717, 1.165) is 17.7 Å². The van der Waals surface area contributed by atoms with Gasteiger partial charge in [0.25, 0.3) is 11.8 Å². The van der Waals surface area contributed by atoms with Crippen LogP contribution in [0.15, 0.2) is 48.5 Å². The third kappa shape index (κ3) is 5.09. The van der Waals surface area contributed by atoms with Gasteiger partial charge < -0.3 is 15.0 Å². The Kier molecular flexibility index (Phi) is 7.21. The molecule has 0 saturated heterocycles. The molecule has 0 aliphatic heterocycles. The summed E-state index contributed by atoms with van der Waals surface area (Å²) in [6.45, 7) is 5.79. The van der Waals surface area contributed by atoms with Gasteiger partial charge in [0.1, 0.15) is 5.75 Å². The summed E-state index contributed by atoms with van der Waals surface area (Å²) in [4.78, 5) is 26.3. The second-order valence-corrected chi connectivity index (χ2v) is 5.91. The molecule has 0 unspecified atom stereocenters. The summed E-state index contributed by atoms with van der Waals surface area (Å²) < 4.78 is 5.13. The van der Waals surface area contributed by atoms with E-state index in [4.69, 9.17) is 4.74 Å². The van der Waals surface area contributed by atoms with Crippen molar-refractivity contribution in [1.29, 1.82) is 0 Å². The fourth-order valence-electron chi connectivity index (χ4n) is 2.67. The van der Waals surface area contributed by atoms with Gasteiger partial charge in [0, 0.05) is 30.8 Å². The average molecular weight is 354 g/mol. The molecule has 0 aromatic heterocycles. The Morgan fingerprint density at radius 3 is 2.04 bits per heavy atom. The Morgan fingerprint density at radius 1 is 0.923 bits per heavy atom. The molecule has 0 bridgehead atoms. The summed E-state index contributed by atoms with van der Waals surface area (Å²) in [7, 11) is 1.64. The Hall–Kier alpha value is -2.82. The SMILES string of the molecule is CCN(CC)C(=O)c1ccc(C(=O)NCCc2ccc(OC)cc2)cc1. The number of benzene rings is 2. The Balaban J connectivity index is 1.88. The van der Waals surface area contributed by atoms with Crippen molar-refractivity contribution in [2.75, 3.05) is 26.7 Å². The monoisotopic (exact) mass is 354 g/mol. The minimum absolute atomic E-state index is 0.0125. The largest absolute Gasteiger partial charge is 0.497 e. The number of ether oxygens (including phenoxy) is 1. The number of carbonyl (C=O) groups is 2. The van der Waals surface area contributed by atoms with E-state index in [1.807, 2.05) is 38.1 Å². The smallest absolute Gasteiger partial charge is 0.253 e. The summed E-state index contributed by atoms with van der Waals surface area (Å²) in [6, 6.07) is 14.6. The van der Waals surface area contributed by atoms with E-state index < -0.39 is 0 Å². The molecule has 5 nitrogen and oxygen atoms in total. The standard InChI is InChI=1S/C21H26N2O3/c1-4-23(5-2)21(25)18-10-8-17(9-11-18)20(24)22-15-14-16-6-12-19(26-3)13-7-16/h6-13H,4-5,14-15H2,1-3H3,(H,22,24). The Labute approximate surface area is 155 Å². The summed E-state index contributed by atoms with van der Waals surface area (Å²) >= 11 is 0. The molecule has 2 rings (SSSR count). The lowest BCUT2D eigenvalue weighted by molar-refractivity contribution is 0.0772. The highest BCUT2D eigenvalue weighted by atomic mass is 16.5. The van der Waals surface area contributed by atoms with E-state index in [-0.39, 0.29) is 11.8 Å². The van der Waals surface area contributed by atoms with Crippen LogP contribution in [0.3, 0.4) is 0 Å². The third-order valence-corrected chi connectivity index (χ3v) is 4.30. The van der Waals surface area contributed by atoms with Crippen molar-refractivity contribution in [1.82, 2.24) is 10.2 Å². The van der Waals surface area contributed by atoms with Crippen LogP contribution in [0.5, 0.6) is 5.75 Å². The first-order valence-corrected chi connectivity index (χ1v) is 8.89. The van der Waals surface area contributed by atoms with Crippen molar-refractivity contribution < 1.29 is 14.3 Å². The van der Waals surface area contributed by atoms with E-state index in [9.17, 15) is 9.59 Å². The summed E-state index contributed by atoms with van der Waals surface area (Å²) in [5.74, 6) is 0.666. The van der Waals surface area contributed by atoms with Crippen LogP contribution in [-0.4, -0.2) is 43.5 Å². The topological polar surface area (TPSA) is 58.6 Å². The van der Waals surface area contributed by atoms with Crippen molar-refractivity contribution in [3.05, 3.63) is 65.2 Å². The number of carbonyl (C=O) groups excluding carboxylic acids is 2. The molecule has 26 heavy (non-hydrogen) atoms. The van der Waals surface area contributed by atoms with E-state index in [1.165, 1.54) is 0 Å². The molecule has 2 amide bonds. The molecular weight excluding hydrogens is 328 g/mol. The van der Waals surface area contributed by atoms with Crippen LogP contribution in [0.4, 0.5) is 0 Å². The van der Waals surface area contributed by atoms with Crippen molar-refractivity contribution in [2.24, 2.45) is 0 Å². The molecule has 0 radical (unpaired) electrons. The van der Waals surface area contributed by atoms with E-state index in [2.05, 4.69) is 5.32 Å². The molecule has 0 aliphatic carbocycles. The van der Waals surface area contributed by atoms with Gasteiger partial charge in [0.05, 0.1) is 7.11 Å². The van der Waals surface area contributed by atoms with E-state index in [1.54, 1.807) is 36.3 Å². The highest BCUT2D eigenvalue weighted by Crippen LogP contribution is 2.12. The van der Waals surface area contributed by atoms with Crippen LogP contribution < -0.4 is 10.1 Å². The van der Waals surface area contributed by atoms with Gasteiger partial charge in [-0.2, -0.15) is 0 Å². The highest BCUT2D eigenvalue weighted by molar-refractivity contribution is 5.97. The normalized spacial score (nSPS) is 10.3. The van der Waals surface area contributed by atoms with Crippen molar-refractivity contribution in [3.8, 4) is 5.75 Å². The number of amides is 2. The second-order valence-electron chi connectivity index (χ2n) is 5.91. The van der Waals surface area contributed by atoms with Gasteiger partial charge in [-0.1, -0.05) is 12.1 Å². The second kappa shape index (κ2) is 9.61. The van der Waals surface area contributed by atoms with Crippen molar-refractivity contribution in [2.45, 2.75) is 20.3 Å². The van der Waals surface area contributed by atoms with Crippen LogP contribution in [0.25, 0.3) is 0 Å². The zero-order valence-electron chi connectivity index (χ0n) is 15.6. The third-order valence-electron chi connectivity index (χ3n) is 4.30. The van der Waals surface area contributed by atoms with E-state index in [0.29, 0.717) is 30.8 Å². The van der Waals surface area contributed by atoms with Crippen LogP contribution in [-0.2, 0) is 6.42 Å². The molecule has 0 spiro atoms. The highest BCUT2D eigenvalue weighted by Gasteiger charge is 2.13. The molecule has 0 fully saturated rings. The molecule has 138 valence electrons. The maximum absolute atomic E-state index is 12.3. The molecular formula is C21H26N2O3. The molecule has 0 atom stereocenters. The lowest BCUT2D eigenvalue weighted by Gasteiger charge is -2.18. The minimum Gasteiger partial charge on any atom is -0.497 e. The fourth-order valence-corrected chi connectivity index (χ4v) is 2.67. The van der Waals surface area contributed by atoms with Crippen molar-refractivity contribution in [3.63, 3.8) is 0 Å². The van der Waals surface area contributed by atoms with Gasteiger partial charge >= 0.3 is 0 Å². The van der Waals surface area contributed by atoms with Crippen LogP contribution in [0.2, 0.25) is 0 Å². The van der Waals surface area contributed by atoms with E-state index >= 15 is 0 Å². The molecule has 2 aromatic rings. The van der Waals surface area contributed by atoms with Gasteiger partial charge in [-0.15, -0.1) is 0 Å². The lowest BCUT2D eigenvalue weighted by Crippen LogP contribution is -2.30. The fraction of sp³-hybridized carbons (Fsp3) is 0.333. The van der Waals surface area contributed by atoms with Gasteiger partial charge in [0.15, 0.2) is 0 Å². The molecule has 2 aromatic carbocycles. The number of nitrogens with zero attached hydrogens (tertiary/aromatic N) is 1. The number of methoxy groups -OCH3 is 1. The molecule has 0 aliphatic rings. The van der Waals surface area contributed by atoms with Crippen LogP contribution in [0.1, 0.15) is 40.1 Å². The van der Waals surface area contributed by atoms with Gasteiger partial charge in [0.2, 0.25) is 0 Å². The zero-order valence-corrected chi connectivity index (χ0v) is 15.6. The van der Waals surface area contributed by atoms with Gasteiger partial charge in [-0.3, -0.25) is 9.59 Å². The number of hydrogen-bond donors (Lipinski definition) is 1. The maximum Gasteiger partial charge on any atom is 0.253 e. The number of hydrogen-bond acceptors (Lipinski definition) is 3. The lowest BCUT2D eigenvalue weighted by atomic mass is 10.1. The van der Waals surface area contributed by atoms with Crippen LogP contribution >= 0.6 is 0 Å². The zero-order chi connectivity index (χ0) is 18.9. The number of nitrogens with one attached hydrogen (secondary N) is 1. The predicted octanol–water partition coefficient (Wildman–Crippen LogP) is 3.15. The van der Waals surface area contributed by atoms with Gasteiger partial charge in [-0.05, 0) is 62.2 Å². The minimum atomic E-state index is -0.139. The summed E-state index contributed by atoms with van der Waals surface area (Å²) in [5, 5.41) is 2.90. The Bertz CT molecular complexity index is 720. The van der Waals surface area contributed by atoms with Crippen LogP contribution in [0, 0.1) is 0 Å². The molecule has 5 heteroatoms. The van der Waals surface area contributed by atoms with Crippen molar-refractivity contribution >= 4 is 11.8 Å². The predicted molar refractivity (Wildman–Crippen MR) is 103 cm³/mol. The van der Waals surface area contributed by atoms with Gasteiger partial charge in [-0.25, -0.2) is 0 Å². The first kappa shape index (κ1) is 19.5. The average Bonchev–Trinajstić information content (AvgIpc) is 2.69. The first-order valence-electron chi connectivity index (χ1n) is 8.89. The molecule has 0 heterocycles. The maximum atomic E-state index is 12.3.